The minimum absolute atomic E-state index is 0.580. The van der Waals surface area contributed by atoms with Crippen molar-refractivity contribution in [3.63, 3.8) is 0 Å². The molecule has 2 rings (SSSR count). The number of aromatic nitrogens is 1. The lowest BCUT2D eigenvalue weighted by Gasteiger charge is -2.03. The maximum absolute atomic E-state index is 6.06. The summed E-state index contributed by atoms with van der Waals surface area (Å²) in [6.07, 6.45) is 0.759. The summed E-state index contributed by atoms with van der Waals surface area (Å²) in [7, 11) is 0. The number of hydrogen-bond acceptors (Lipinski definition) is 2. The van der Waals surface area contributed by atoms with E-state index in [-0.39, 0.29) is 0 Å². The predicted octanol–water partition coefficient (Wildman–Crippen LogP) is 3.04. The second-order valence-corrected chi connectivity index (χ2v) is 4.14. The zero-order valence-electron chi connectivity index (χ0n) is 8.00. The maximum Gasteiger partial charge on any atom is 0.0892 e. The summed E-state index contributed by atoms with van der Waals surface area (Å²) in [6, 6.07) is 7.46. The van der Waals surface area contributed by atoms with Gasteiger partial charge in [-0.25, -0.2) is 0 Å². The first-order valence-corrected chi connectivity index (χ1v) is 5.41. The van der Waals surface area contributed by atoms with E-state index in [2.05, 4.69) is 4.98 Å². The molecule has 2 nitrogen and oxygen atoms in total. The van der Waals surface area contributed by atoms with Crippen LogP contribution < -0.4 is 5.73 Å². The van der Waals surface area contributed by atoms with E-state index in [0.717, 1.165) is 23.0 Å². The van der Waals surface area contributed by atoms with E-state index in [9.17, 15) is 0 Å². The van der Waals surface area contributed by atoms with Crippen LogP contribution in [0.2, 0.25) is 10.0 Å². The number of rotatable bonds is 2. The van der Waals surface area contributed by atoms with Gasteiger partial charge in [-0.3, -0.25) is 4.98 Å². The van der Waals surface area contributed by atoms with Gasteiger partial charge in [0.15, 0.2) is 0 Å². The highest BCUT2D eigenvalue weighted by atomic mass is 35.5. The van der Waals surface area contributed by atoms with E-state index < -0.39 is 0 Å². The second-order valence-electron chi connectivity index (χ2n) is 3.30. The van der Waals surface area contributed by atoms with Crippen LogP contribution >= 0.6 is 23.2 Å². The molecule has 0 unspecified atom stereocenters. The van der Waals surface area contributed by atoms with Crippen LogP contribution in [0, 0.1) is 0 Å². The minimum atomic E-state index is 0.580. The van der Waals surface area contributed by atoms with Crippen LogP contribution in [-0.2, 0) is 6.42 Å². The second kappa shape index (κ2) is 4.35. The molecular formula is C11H10Cl2N2. The third-order valence-corrected chi connectivity index (χ3v) is 2.68. The molecule has 1 aromatic heterocycles. The van der Waals surface area contributed by atoms with Gasteiger partial charge in [0.2, 0.25) is 0 Å². The number of benzene rings is 1. The van der Waals surface area contributed by atoms with Crippen LogP contribution in [0.1, 0.15) is 5.69 Å². The Kier molecular flexibility index (Phi) is 3.10. The van der Waals surface area contributed by atoms with Crippen LogP contribution in [0.5, 0.6) is 0 Å². The molecule has 78 valence electrons. The van der Waals surface area contributed by atoms with E-state index in [4.69, 9.17) is 28.9 Å². The molecule has 1 heterocycles. The summed E-state index contributed by atoms with van der Waals surface area (Å²) in [5, 5.41) is 2.16. The molecule has 2 aromatic rings. The van der Waals surface area contributed by atoms with E-state index >= 15 is 0 Å². The molecule has 4 heteroatoms. The van der Waals surface area contributed by atoms with Crippen LogP contribution in [0.25, 0.3) is 10.9 Å². The fourth-order valence-corrected chi connectivity index (χ4v) is 2.04. The Morgan fingerprint density at radius 2 is 2.00 bits per heavy atom. The minimum Gasteiger partial charge on any atom is -0.330 e. The number of nitrogens with two attached hydrogens (primary N) is 1. The normalized spacial score (nSPS) is 10.9. The van der Waals surface area contributed by atoms with Gasteiger partial charge in [0.25, 0.3) is 0 Å². The van der Waals surface area contributed by atoms with Gasteiger partial charge in [0, 0.05) is 22.5 Å². The molecule has 0 aliphatic heterocycles. The van der Waals surface area contributed by atoms with Crippen LogP contribution in [0.3, 0.4) is 0 Å². The molecule has 2 N–H and O–H groups in total. The third-order valence-electron chi connectivity index (χ3n) is 2.17. The van der Waals surface area contributed by atoms with Crippen LogP contribution in [-0.4, -0.2) is 11.5 Å². The van der Waals surface area contributed by atoms with E-state index in [1.165, 1.54) is 0 Å². The van der Waals surface area contributed by atoms with Crippen molar-refractivity contribution in [3.05, 3.63) is 40.0 Å². The monoisotopic (exact) mass is 240 g/mol. The number of hydrogen-bond donors (Lipinski definition) is 1. The average molecular weight is 241 g/mol. The molecule has 1 aromatic carbocycles. The SMILES string of the molecule is NCCc1ccc2cc(Cl)cc(Cl)c2n1. The summed E-state index contributed by atoms with van der Waals surface area (Å²) >= 11 is 11.9. The lowest BCUT2D eigenvalue weighted by atomic mass is 10.2. The first-order chi connectivity index (χ1) is 7.20. The highest BCUT2D eigenvalue weighted by Gasteiger charge is 2.03. The lowest BCUT2D eigenvalue weighted by molar-refractivity contribution is 0.932. The van der Waals surface area contributed by atoms with Gasteiger partial charge in [-0.05, 0) is 24.7 Å². The Balaban J connectivity index is 2.60. The topological polar surface area (TPSA) is 38.9 Å². The highest BCUT2D eigenvalue weighted by molar-refractivity contribution is 6.38. The quantitative estimate of drug-likeness (QED) is 0.877. The van der Waals surface area contributed by atoms with Gasteiger partial charge in [0.1, 0.15) is 0 Å². The summed E-state index contributed by atoms with van der Waals surface area (Å²) in [6.45, 7) is 0.587. The highest BCUT2D eigenvalue weighted by Crippen LogP contribution is 2.26. The summed E-state index contributed by atoms with van der Waals surface area (Å²) in [5.74, 6) is 0. The summed E-state index contributed by atoms with van der Waals surface area (Å²) < 4.78 is 0. The molecule has 0 aliphatic carbocycles. The Bertz CT molecular complexity index is 497. The number of nitrogens with zero attached hydrogens (tertiary/aromatic N) is 1. The Hall–Kier alpha value is -0.830. The van der Waals surface area contributed by atoms with Gasteiger partial charge in [-0.2, -0.15) is 0 Å². The molecule has 0 fully saturated rings. The molecule has 0 saturated heterocycles. The Morgan fingerprint density at radius 1 is 1.20 bits per heavy atom. The number of fused-ring (bicyclic) bond motifs is 1. The first kappa shape index (κ1) is 10.7. The smallest absolute Gasteiger partial charge is 0.0892 e. The number of pyridine rings is 1. The zero-order chi connectivity index (χ0) is 10.8. The zero-order valence-corrected chi connectivity index (χ0v) is 9.52. The van der Waals surface area contributed by atoms with Gasteiger partial charge in [-0.15, -0.1) is 0 Å². The molecule has 15 heavy (non-hydrogen) atoms. The van der Waals surface area contributed by atoms with Crippen molar-refractivity contribution in [2.45, 2.75) is 6.42 Å². The largest absolute Gasteiger partial charge is 0.330 e. The fourth-order valence-electron chi connectivity index (χ4n) is 1.48. The maximum atomic E-state index is 6.06. The van der Waals surface area contributed by atoms with Crippen molar-refractivity contribution in [3.8, 4) is 0 Å². The standard InChI is InChI=1S/C11H10Cl2N2/c12-8-5-7-1-2-9(3-4-14)15-11(7)10(13)6-8/h1-2,5-6H,3-4,14H2. The summed E-state index contributed by atoms with van der Waals surface area (Å²) in [5.41, 5.74) is 7.21. The molecule has 0 amide bonds. The Labute approximate surface area is 98.0 Å². The molecule has 0 atom stereocenters. The molecule has 0 radical (unpaired) electrons. The lowest BCUT2D eigenvalue weighted by Crippen LogP contribution is -2.04. The molecule has 0 spiro atoms. The molecular weight excluding hydrogens is 231 g/mol. The first-order valence-electron chi connectivity index (χ1n) is 4.65. The van der Waals surface area contributed by atoms with Crippen molar-refractivity contribution in [2.75, 3.05) is 6.54 Å². The van der Waals surface area contributed by atoms with Gasteiger partial charge in [-0.1, -0.05) is 29.3 Å². The van der Waals surface area contributed by atoms with Crippen molar-refractivity contribution in [1.82, 2.24) is 4.98 Å². The van der Waals surface area contributed by atoms with Crippen molar-refractivity contribution < 1.29 is 0 Å². The predicted molar refractivity (Wildman–Crippen MR) is 64.5 cm³/mol. The van der Waals surface area contributed by atoms with Crippen molar-refractivity contribution in [1.29, 1.82) is 0 Å². The molecule has 0 aliphatic rings. The average Bonchev–Trinajstić information content (AvgIpc) is 2.19. The Morgan fingerprint density at radius 3 is 2.73 bits per heavy atom. The van der Waals surface area contributed by atoms with Crippen LogP contribution in [0.4, 0.5) is 0 Å². The van der Waals surface area contributed by atoms with E-state index in [0.29, 0.717) is 16.6 Å². The van der Waals surface area contributed by atoms with Crippen molar-refractivity contribution >= 4 is 34.1 Å². The van der Waals surface area contributed by atoms with Gasteiger partial charge in [0.05, 0.1) is 10.5 Å². The van der Waals surface area contributed by atoms with Gasteiger partial charge >= 0.3 is 0 Å². The van der Waals surface area contributed by atoms with Gasteiger partial charge < -0.3 is 5.73 Å². The molecule has 0 bridgehead atoms. The van der Waals surface area contributed by atoms with Crippen LogP contribution in [0.15, 0.2) is 24.3 Å². The fraction of sp³-hybridized carbons (Fsp3) is 0.182. The number of halogens is 2. The third kappa shape index (κ3) is 2.23. The molecule has 0 saturated carbocycles. The van der Waals surface area contributed by atoms with E-state index in [1.807, 2.05) is 18.2 Å². The summed E-state index contributed by atoms with van der Waals surface area (Å²) in [4.78, 5) is 4.44. The van der Waals surface area contributed by atoms with E-state index in [1.54, 1.807) is 6.07 Å². The van der Waals surface area contributed by atoms with Crippen molar-refractivity contribution in [2.24, 2.45) is 5.73 Å².